The van der Waals surface area contributed by atoms with Gasteiger partial charge in [-0.3, -0.25) is 19.1 Å². The van der Waals surface area contributed by atoms with E-state index in [1.165, 1.54) is 5.56 Å². The molecule has 0 radical (unpaired) electrons. The van der Waals surface area contributed by atoms with Crippen molar-refractivity contribution in [2.75, 3.05) is 26.2 Å². The first-order valence-corrected chi connectivity index (χ1v) is 9.97. The first-order valence-electron chi connectivity index (χ1n) is 9.18. The minimum absolute atomic E-state index is 0.0709. The number of piperazine rings is 1. The molecule has 8 heteroatoms. The van der Waals surface area contributed by atoms with E-state index in [-0.39, 0.29) is 11.8 Å². The minimum atomic E-state index is -0.0709. The lowest BCUT2D eigenvalue weighted by Crippen LogP contribution is -2.50. The predicted molar refractivity (Wildman–Crippen MR) is 104 cm³/mol. The van der Waals surface area contributed by atoms with Gasteiger partial charge in [-0.2, -0.15) is 10.2 Å². The third-order valence-electron chi connectivity index (χ3n) is 4.93. The predicted octanol–water partition coefficient (Wildman–Crippen LogP) is 2.15. The van der Waals surface area contributed by atoms with Gasteiger partial charge < -0.3 is 4.90 Å². The molecule has 26 heavy (non-hydrogen) atoms. The van der Waals surface area contributed by atoms with Crippen LogP contribution in [0.5, 0.6) is 0 Å². The average molecular weight is 423 g/mol. The highest BCUT2D eigenvalue weighted by Crippen LogP contribution is 2.15. The Balaban J connectivity index is 1.49. The van der Waals surface area contributed by atoms with Crippen molar-refractivity contribution < 1.29 is 4.79 Å². The van der Waals surface area contributed by atoms with Crippen LogP contribution in [-0.4, -0.2) is 61.4 Å². The van der Waals surface area contributed by atoms with Crippen LogP contribution in [0.25, 0.3) is 0 Å². The molecule has 0 bridgehead atoms. The van der Waals surface area contributed by atoms with E-state index in [9.17, 15) is 4.79 Å². The van der Waals surface area contributed by atoms with E-state index in [1.807, 2.05) is 27.4 Å². The van der Waals surface area contributed by atoms with E-state index in [2.05, 4.69) is 51.1 Å². The number of aryl methyl sites for hydroxylation is 2. The zero-order chi connectivity index (χ0) is 18.7. The minimum Gasteiger partial charge on any atom is -0.340 e. The molecule has 1 amide bonds. The second-order valence-electron chi connectivity index (χ2n) is 6.98. The van der Waals surface area contributed by atoms with Crippen LogP contribution in [0.4, 0.5) is 0 Å². The van der Waals surface area contributed by atoms with Gasteiger partial charge in [0.25, 0.3) is 0 Å². The molecule has 1 saturated heterocycles. The van der Waals surface area contributed by atoms with Crippen LogP contribution >= 0.6 is 15.9 Å². The van der Waals surface area contributed by atoms with Gasteiger partial charge in [-0.25, -0.2) is 0 Å². The van der Waals surface area contributed by atoms with Gasteiger partial charge >= 0.3 is 0 Å². The molecule has 3 rings (SSSR count). The van der Waals surface area contributed by atoms with Gasteiger partial charge in [-0.15, -0.1) is 0 Å². The summed E-state index contributed by atoms with van der Waals surface area (Å²) in [6, 6.07) is 0. The van der Waals surface area contributed by atoms with Crippen molar-refractivity contribution in [3.05, 3.63) is 34.3 Å². The smallest absolute Gasteiger partial charge is 0.227 e. The van der Waals surface area contributed by atoms with Gasteiger partial charge in [0.05, 0.1) is 28.8 Å². The molecule has 0 saturated carbocycles. The molecular weight excluding hydrogens is 396 g/mol. The molecule has 0 aliphatic carbocycles. The number of nitrogens with zero attached hydrogens (tertiary/aromatic N) is 6. The zero-order valence-electron chi connectivity index (χ0n) is 15.7. The largest absolute Gasteiger partial charge is 0.340 e. The first-order chi connectivity index (χ1) is 12.5. The lowest BCUT2D eigenvalue weighted by molar-refractivity contribution is -0.137. The molecule has 1 unspecified atom stereocenters. The van der Waals surface area contributed by atoms with Gasteiger partial charge in [0.2, 0.25) is 5.91 Å². The van der Waals surface area contributed by atoms with Crippen molar-refractivity contribution >= 4 is 21.8 Å². The molecule has 0 N–H and O–H groups in total. The summed E-state index contributed by atoms with van der Waals surface area (Å²) in [5, 5.41) is 8.76. The van der Waals surface area contributed by atoms with Gasteiger partial charge in [0.15, 0.2) is 0 Å². The summed E-state index contributed by atoms with van der Waals surface area (Å²) in [5.41, 5.74) is 2.38. The third kappa shape index (κ3) is 4.54. The molecule has 1 fully saturated rings. The monoisotopic (exact) mass is 422 g/mol. The lowest BCUT2D eigenvalue weighted by atomic mass is 10.1. The SMILES string of the molecule is CCn1cc(CN2CCN(C(=O)C(C)Cn3cc(Br)cn3)CC2)c(C)n1. The Hall–Kier alpha value is -1.67. The Labute approximate surface area is 163 Å². The van der Waals surface area contributed by atoms with Crippen molar-refractivity contribution in [2.45, 2.75) is 40.4 Å². The van der Waals surface area contributed by atoms with E-state index < -0.39 is 0 Å². The summed E-state index contributed by atoms with van der Waals surface area (Å²) in [5.74, 6) is 0.143. The summed E-state index contributed by atoms with van der Waals surface area (Å²) in [7, 11) is 0. The van der Waals surface area contributed by atoms with Crippen LogP contribution in [0.3, 0.4) is 0 Å². The summed E-state index contributed by atoms with van der Waals surface area (Å²) >= 11 is 3.39. The summed E-state index contributed by atoms with van der Waals surface area (Å²) in [6.07, 6.45) is 5.79. The van der Waals surface area contributed by atoms with E-state index in [0.29, 0.717) is 6.54 Å². The zero-order valence-corrected chi connectivity index (χ0v) is 17.3. The maximum Gasteiger partial charge on any atom is 0.227 e. The third-order valence-corrected chi connectivity index (χ3v) is 5.34. The molecule has 2 aromatic heterocycles. The van der Waals surface area contributed by atoms with Gasteiger partial charge in [0, 0.05) is 57.2 Å². The standard InChI is InChI=1S/C18H27BrN6O/c1-4-24-12-16(15(3)21-24)11-22-5-7-23(8-6-22)18(26)14(2)10-25-13-17(19)9-20-25/h9,12-14H,4-8,10-11H2,1-3H3. The molecule has 1 aliphatic rings. The fourth-order valence-corrected chi connectivity index (χ4v) is 3.68. The van der Waals surface area contributed by atoms with Crippen LogP contribution < -0.4 is 0 Å². The first kappa shape index (κ1) is 19.1. The number of amides is 1. The number of halogens is 1. The summed E-state index contributed by atoms with van der Waals surface area (Å²) in [6.45, 7) is 11.9. The van der Waals surface area contributed by atoms with E-state index in [4.69, 9.17) is 0 Å². The van der Waals surface area contributed by atoms with Crippen LogP contribution in [0.1, 0.15) is 25.1 Å². The topological polar surface area (TPSA) is 59.2 Å². The molecule has 0 aromatic carbocycles. The fourth-order valence-electron chi connectivity index (χ4n) is 3.35. The Morgan fingerprint density at radius 2 is 1.96 bits per heavy atom. The Morgan fingerprint density at radius 1 is 1.23 bits per heavy atom. The van der Waals surface area contributed by atoms with Crippen molar-refractivity contribution in [2.24, 2.45) is 5.92 Å². The molecular formula is C18H27BrN6O. The maximum atomic E-state index is 12.7. The maximum absolute atomic E-state index is 12.7. The fraction of sp³-hybridized carbons (Fsp3) is 0.611. The van der Waals surface area contributed by atoms with Crippen LogP contribution in [-0.2, 0) is 24.4 Å². The molecule has 3 heterocycles. The highest BCUT2D eigenvalue weighted by Gasteiger charge is 2.25. The van der Waals surface area contributed by atoms with Gasteiger partial charge in [0.1, 0.15) is 0 Å². The quantitative estimate of drug-likeness (QED) is 0.715. The number of rotatable bonds is 6. The average Bonchev–Trinajstić information content (AvgIpc) is 3.20. The number of carbonyl (C=O) groups excluding carboxylic acids is 1. The highest BCUT2D eigenvalue weighted by molar-refractivity contribution is 9.10. The van der Waals surface area contributed by atoms with E-state index in [1.54, 1.807) is 6.20 Å². The number of aromatic nitrogens is 4. The van der Waals surface area contributed by atoms with Crippen LogP contribution in [0.15, 0.2) is 23.1 Å². The van der Waals surface area contributed by atoms with Crippen molar-refractivity contribution in [3.63, 3.8) is 0 Å². The van der Waals surface area contributed by atoms with Gasteiger partial charge in [-0.05, 0) is 29.8 Å². The van der Waals surface area contributed by atoms with Crippen LogP contribution in [0, 0.1) is 12.8 Å². The molecule has 1 atom stereocenters. The van der Waals surface area contributed by atoms with Crippen molar-refractivity contribution in [1.29, 1.82) is 0 Å². The van der Waals surface area contributed by atoms with E-state index in [0.717, 1.165) is 49.4 Å². The second kappa shape index (κ2) is 8.35. The number of carbonyl (C=O) groups is 1. The molecule has 1 aliphatic heterocycles. The molecule has 142 valence electrons. The van der Waals surface area contributed by atoms with Crippen LogP contribution in [0.2, 0.25) is 0 Å². The Kier molecular flexibility index (Phi) is 6.13. The molecule has 7 nitrogen and oxygen atoms in total. The molecule has 2 aromatic rings. The number of hydrogen-bond donors (Lipinski definition) is 0. The number of hydrogen-bond acceptors (Lipinski definition) is 4. The van der Waals surface area contributed by atoms with Gasteiger partial charge in [-0.1, -0.05) is 6.92 Å². The second-order valence-corrected chi connectivity index (χ2v) is 7.89. The van der Waals surface area contributed by atoms with Crippen molar-refractivity contribution in [1.82, 2.24) is 29.4 Å². The van der Waals surface area contributed by atoms with Crippen molar-refractivity contribution in [3.8, 4) is 0 Å². The normalized spacial score (nSPS) is 16.8. The van der Waals surface area contributed by atoms with E-state index >= 15 is 0 Å². The summed E-state index contributed by atoms with van der Waals surface area (Å²) < 4.78 is 4.74. The molecule has 0 spiro atoms. The highest BCUT2D eigenvalue weighted by atomic mass is 79.9. The Morgan fingerprint density at radius 3 is 2.54 bits per heavy atom. The Bertz CT molecular complexity index is 747. The lowest BCUT2D eigenvalue weighted by Gasteiger charge is -2.35. The summed E-state index contributed by atoms with van der Waals surface area (Å²) in [4.78, 5) is 17.1.